The molecule has 10 heteroatoms. The molecule has 1 aliphatic heterocycles. The second-order valence-corrected chi connectivity index (χ2v) is 9.58. The van der Waals surface area contributed by atoms with Crippen LogP contribution in [0.15, 0.2) is 36.7 Å². The first-order valence-corrected chi connectivity index (χ1v) is 11.6. The van der Waals surface area contributed by atoms with Crippen LogP contribution in [-0.2, 0) is 19.4 Å². The molecule has 1 aromatic carbocycles. The lowest BCUT2D eigenvalue weighted by Crippen LogP contribution is -2.41. The summed E-state index contributed by atoms with van der Waals surface area (Å²) in [5.74, 6) is 0.709. The summed E-state index contributed by atoms with van der Waals surface area (Å²) in [5, 5.41) is 14.8. The number of pyridine rings is 1. The number of nitrogen functional groups attached to an aromatic ring is 1. The molecule has 2 aliphatic rings. The second kappa shape index (κ2) is 7.89. The van der Waals surface area contributed by atoms with Crippen LogP contribution in [0.5, 0.6) is 0 Å². The Kier molecular flexibility index (Phi) is 4.93. The highest BCUT2D eigenvalue weighted by Crippen LogP contribution is 2.45. The fraction of sp³-hybridized carbons (Fsp3) is 0.333. The summed E-state index contributed by atoms with van der Waals surface area (Å²) in [5.41, 5.74) is 10.5. The summed E-state index contributed by atoms with van der Waals surface area (Å²) in [7, 11) is 0. The van der Waals surface area contributed by atoms with Crippen LogP contribution in [0, 0.1) is 11.2 Å². The van der Waals surface area contributed by atoms with Gasteiger partial charge in [-0.1, -0.05) is 17.7 Å². The Morgan fingerprint density at radius 3 is 2.71 bits per heavy atom. The number of nitrogens with two attached hydrogens (primary N) is 1. The standard InChI is InChI=1S/C24H23ClFN7O/c25-20-19(3-6-28-21(20)27)33-23-17(12-29-33)30-22(18(13-34)31-23)32-7-4-24(5-8-32)10-14-1-2-16(26)9-15(14)11-24/h1-3,6,9,12,34H,4-5,7-8,10-11,13H2,(H2,27,28). The third-order valence-corrected chi connectivity index (χ3v) is 7.53. The first-order chi connectivity index (χ1) is 16.5. The maximum atomic E-state index is 13.7. The molecule has 174 valence electrons. The van der Waals surface area contributed by atoms with Crippen LogP contribution in [0.3, 0.4) is 0 Å². The number of hydrogen-bond acceptors (Lipinski definition) is 7. The van der Waals surface area contributed by atoms with Gasteiger partial charge in [0.05, 0.1) is 18.5 Å². The van der Waals surface area contributed by atoms with Gasteiger partial charge in [-0.25, -0.2) is 24.0 Å². The zero-order chi connectivity index (χ0) is 23.4. The van der Waals surface area contributed by atoms with Crippen molar-refractivity contribution in [2.45, 2.75) is 32.3 Å². The Labute approximate surface area is 200 Å². The molecule has 0 saturated carbocycles. The Morgan fingerprint density at radius 2 is 1.91 bits per heavy atom. The summed E-state index contributed by atoms with van der Waals surface area (Å²) >= 11 is 6.34. The normalized spacial score (nSPS) is 17.0. The molecule has 1 spiro atoms. The van der Waals surface area contributed by atoms with Gasteiger partial charge in [-0.15, -0.1) is 0 Å². The number of hydrogen-bond donors (Lipinski definition) is 2. The number of nitrogens with zero attached hydrogens (tertiary/aromatic N) is 6. The van der Waals surface area contributed by atoms with E-state index >= 15 is 0 Å². The van der Waals surface area contributed by atoms with Gasteiger partial charge >= 0.3 is 0 Å². The largest absolute Gasteiger partial charge is 0.390 e. The minimum atomic E-state index is -0.248. The SMILES string of the molecule is Nc1nccc(-n2ncc3nc(N4CCC5(CC4)Cc4ccc(F)cc4C5)c(CO)nc32)c1Cl. The second-order valence-electron chi connectivity index (χ2n) is 9.20. The maximum Gasteiger partial charge on any atom is 0.182 e. The summed E-state index contributed by atoms with van der Waals surface area (Å²) < 4.78 is 15.3. The van der Waals surface area contributed by atoms with Gasteiger partial charge in [0.2, 0.25) is 0 Å². The van der Waals surface area contributed by atoms with E-state index in [9.17, 15) is 9.50 Å². The highest BCUT2D eigenvalue weighted by atomic mass is 35.5. The molecule has 0 unspecified atom stereocenters. The molecule has 4 heterocycles. The molecule has 8 nitrogen and oxygen atoms in total. The number of benzene rings is 1. The van der Waals surface area contributed by atoms with Crippen molar-refractivity contribution < 1.29 is 9.50 Å². The van der Waals surface area contributed by atoms with Crippen LogP contribution < -0.4 is 10.6 Å². The molecule has 3 aromatic heterocycles. The van der Waals surface area contributed by atoms with Crippen LogP contribution in [0.2, 0.25) is 5.02 Å². The van der Waals surface area contributed by atoms with Crippen LogP contribution >= 0.6 is 11.6 Å². The van der Waals surface area contributed by atoms with E-state index in [0.717, 1.165) is 44.3 Å². The number of aliphatic hydroxyl groups excluding tert-OH is 1. The number of halogens is 2. The summed E-state index contributed by atoms with van der Waals surface area (Å²) in [6.45, 7) is 1.34. The Bertz CT molecular complexity index is 1410. The minimum Gasteiger partial charge on any atom is -0.390 e. The lowest BCUT2D eigenvalue weighted by molar-refractivity contribution is 0.231. The van der Waals surface area contributed by atoms with Crippen molar-refractivity contribution in [3.8, 4) is 5.69 Å². The highest BCUT2D eigenvalue weighted by molar-refractivity contribution is 6.34. The quantitative estimate of drug-likeness (QED) is 0.463. The molecule has 0 amide bonds. The van der Waals surface area contributed by atoms with Crippen LogP contribution in [0.1, 0.15) is 29.7 Å². The molecular formula is C24H23ClFN7O. The summed E-state index contributed by atoms with van der Waals surface area (Å²) in [6, 6.07) is 6.86. The number of piperidine rings is 1. The molecular weight excluding hydrogens is 457 g/mol. The van der Waals surface area contributed by atoms with Crippen molar-refractivity contribution >= 4 is 34.4 Å². The van der Waals surface area contributed by atoms with E-state index in [1.54, 1.807) is 35.3 Å². The van der Waals surface area contributed by atoms with E-state index in [4.69, 9.17) is 27.3 Å². The van der Waals surface area contributed by atoms with Crippen molar-refractivity contribution in [2.75, 3.05) is 23.7 Å². The van der Waals surface area contributed by atoms with Crippen molar-refractivity contribution in [1.29, 1.82) is 0 Å². The van der Waals surface area contributed by atoms with E-state index in [1.807, 2.05) is 6.07 Å². The zero-order valence-electron chi connectivity index (χ0n) is 18.4. The fourth-order valence-corrected chi connectivity index (χ4v) is 5.56. The van der Waals surface area contributed by atoms with E-state index in [-0.39, 0.29) is 28.7 Å². The third kappa shape index (κ3) is 3.38. The number of aliphatic hydroxyl groups is 1. The average Bonchev–Trinajstić information content (AvgIpc) is 3.40. The van der Waals surface area contributed by atoms with Gasteiger partial charge in [-0.3, -0.25) is 0 Å². The lowest BCUT2D eigenvalue weighted by Gasteiger charge is -2.40. The lowest BCUT2D eigenvalue weighted by atomic mass is 9.76. The number of rotatable bonds is 3. The minimum absolute atomic E-state index is 0.159. The Balaban J connectivity index is 1.29. The monoisotopic (exact) mass is 479 g/mol. The third-order valence-electron chi connectivity index (χ3n) is 7.15. The summed E-state index contributed by atoms with van der Waals surface area (Å²) in [6.07, 6.45) is 7.02. The average molecular weight is 480 g/mol. The molecule has 1 fully saturated rings. The topological polar surface area (TPSA) is 106 Å². The van der Waals surface area contributed by atoms with Crippen molar-refractivity contribution in [3.05, 3.63) is 64.3 Å². The molecule has 1 saturated heterocycles. The van der Waals surface area contributed by atoms with E-state index < -0.39 is 0 Å². The van der Waals surface area contributed by atoms with Crippen molar-refractivity contribution in [1.82, 2.24) is 24.7 Å². The predicted molar refractivity (Wildman–Crippen MR) is 127 cm³/mol. The van der Waals surface area contributed by atoms with Gasteiger partial charge in [0.1, 0.15) is 27.9 Å². The van der Waals surface area contributed by atoms with Gasteiger partial charge in [-0.2, -0.15) is 5.10 Å². The Hall–Kier alpha value is -3.30. The number of fused-ring (bicyclic) bond motifs is 2. The van der Waals surface area contributed by atoms with Crippen LogP contribution in [0.25, 0.3) is 16.9 Å². The molecule has 34 heavy (non-hydrogen) atoms. The summed E-state index contributed by atoms with van der Waals surface area (Å²) in [4.78, 5) is 15.7. The fourth-order valence-electron chi connectivity index (χ4n) is 5.37. The number of anilines is 2. The Morgan fingerprint density at radius 1 is 1.12 bits per heavy atom. The molecule has 0 bridgehead atoms. The molecule has 3 N–H and O–H groups in total. The van der Waals surface area contributed by atoms with E-state index in [1.165, 1.54) is 5.56 Å². The molecule has 0 atom stereocenters. The maximum absolute atomic E-state index is 13.7. The number of aromatic nitrogens is 5. The van der Waals surface area contributed by atoms with Gasteiger partial charge in [0.25, 0.3) is 0 Å². The van der Waals surface area contributed by atoms with Gasteiger partial charge in [0.15, 0.2) is 11.5 Å². The van der Waals surface area contributed by atoms with Crippen LogP contribution in [-0.4, -0.2) is 42.9 Å². The molecule has 4 aromatic rings. The van der Waals surface area contributed by atoms with E-state index in [0.29, 0.717) is 28.4 Å². The van der Waals surface area contributed by atoms with Crippen molar-refractivity contribution in [2.24, 2.45) is 5.41 Å². The van der Waals surface area contributed by atoms with Crippen molar-refractivity contribution in [3.63, 3.8) is 0 Å². The molecule has 0 radical (unpaired) electrons. The predicted octanol–water partition coefficient (Wildman–Crippen LogP) is 3.46. The first-order valence-electron chi connectivity index (χ1n) is 11.2. The smallest absolute Gasteiger partial charge is 0.182 e. The molecule has 1 aliphatic carbocycles. The highest BCUT2D eigenvalue weighted by Gasteiger charge is 2.40. The van der Waals surface area contributed by atoms with Gasteiger partial charge in [-0.05, 0) is 60.4 Å². The van der Waals surface area contributed by atoms with Gasteiger partial charge < -0.3 is 15.7 Å². The van der Waals surface area contributed by atoms with Crippen LogP contribution in [0.4, 0.5) is 16.0 Å². The van der Waals surface area contributed by atoms with Gasteiger partial charge in [0, 0.05) is 19.3 Å². The molecule has 6 rings (SSSR count). The van der Waals surface area contributed by atoms with E-state index in [2.05, 4.69) is 15.0 Å². The first kappa shape index (κ1) is 21.2. The zero-order valence-corrected chi connectivity index (χ0v) is 19.1.